The minimum absolute atomic E-state index is 0.00503. The molecule has 4 saturated carbocycles. The zero-order valence-electron chi connectivity index (χ0n) is 34.9. The fourth-order valence-corrected chi connectivity index (χ4v) is 13.4. The van der Waals surface area contributed by atoms with Crippen LogP contribution >= 0.6 is 0 Å². The van der Waals surface area contributed by atoms with E-state index in [1.54, 1.807) is 25.5 Å². The molecule has 56 heavy (non-hydrogen) atoms. The van der Waals surface area contributed by atoms with E-state index in [9.17, 15) is 29.9 Å². The summed E-state index contributed by atoms with van der Waals surface area (Å²) in [5.74, 6) is 0.611. The number of aromatic nitrogens is 5. The number of ketones is 1. The third-order valence-electron chi connectivity index (χ3n) is 16.5. The van der Waals surface area contributed by atoms with Crippen molar-refractivity contribution in [3.8, 4) is 17.7 Å². The molecule has 0 saturated heterocycles. The lowest BCUT2D eigenvalue weighted by atomic mass is 9.33. The van der Waals surface area contributed by atoms with E-state index in [1.165, 1.54) is 12.4 Å². The topological polar surface area (TPSA) is 181 Å². The zero-order chi connectivity index (χ0) is 41.0. The minimum Gasteiger partial charge on any atom is -0.481 e. The van der Waals surface area contributed by atoms with Gasteiger partial charge in [0.2, 0.25) is 5.82 Å². The second kappa shape index (κ2) is 13.3. The molecule has 302 valence electrons. The number of carbonyl (C=O) groups excluding carboxylic acids is 2. The van der Waals surface area contributed by atoms with Gasteiger partial charge in [-0.25, -0.2) is 9.97 Å². The molecule has 2 heterocycles. The van der Waals surface area contributed by atoms with Crippen molar-refractivity contribution in [3.05, 3.63) is 34.9 Å². The van der Waals surface area contributed by atoms with E-state index >= 15 is 0 Å². The molecule has 0 radical (unpaired) electrons. The normalized spacial score (nSPS) is 35.5. The average Bonchev–Trinajstić information content (AvgIpc) is 3.66. The number of nitriles is 1. The molecule has 12 nitrogen and oxygen atoms in total. The number of hydrogen-bond donors (Lipinski definition) is 2. The monoisotopic (exact) mass is 768 g/mol. The van der Waals surface area contributed by atoms with Crippen LogP contribution in [0.5, 0.6) is 0 Å². The van der Waals surface area contributed by atoms with E-state index in [0.717, 1.165) is 56.1 Å². The molecule has 5 aliphatic carbocycles. The molecular weight excluding hydrogens is 709 g/mol. The molecule has 9 atom stereocenters. The van der Waals surface area contributed by atoms with Gasteiger partial charge in [0.15, 0.2) is 17.4 Å². The Balaban J connectivity index is 1.20. The maximum atomic E-state index is 14.2. The maximum Gasteiger partial charge on any atom is 0.309 e. The highest BCUT2D eigenvalue weighted by molar-refractivity contribution is 6.00. The van der Waals surface area contributed by atoms with Gasteiger partial charge in [0.25, 0.3) is 0 Å². The van der Waals surface area contributed by atoms with E-state index in [4.69, 9.17) is 4.74 Å². The van der Waals surface area contributed by atoms with Crippen molar-refractivity contribution >= 4 is 17.7 Å². The predicted octanol–water partition coefficient (Wildman–Crippen LogP) is 7.57. The van der Waals surface area contributed by atoms with Gasteiger partial charge >= 0.3 is 11.9 Å². The van der Waals surface area contributed by atoms with E-state index < -0.39 is 28.9 Å². The number of rotatable bonds is 8. The number of esters is 1. The van der Waals surface area contributed by atoms with Crippen LogP contribution in [-0.4, -0.2) is 58.8 Å². The van der Waals surface area contributed by atoms with Gasteiger partial charge in [-0.2, -0.15) is 5.26 Å². The van der Waals surface area contributed by atoms with Crippen molar-refractivity contribution < 1.29 is 29.3 Å². The van der Waals surface area contributed by atoms with Crippen LogP contribution < -0.4 is 0 Å². The summed E-state index contributed by atoms with van der Waals surface area (Å²) in [4.78, 5) is 47.8. The second-order valence-corrected chi connectivity index (χ2v) is 20.3. The standard InChI is InChI=1S/C44H60N6O6/c1-24(2)32-27(51)19-44(34(53)36-48-49-37(50(36)10)35-46-22-25(21-45)23-47-35)18-17-42(8)26(33(32)44)11-12-29-41(7)15-14-30(56-31(52)20-39(3,4)38(54)55)40(5,6)28(41)13-16-43(29,42)9/h22-24,26,28-30,34,53H,11-20H2,1-10H3,(H,54,55)/t26-,28+,29-,30+,34+,41+,42-,43-,44-/m1/s1. The van der Waals surface area contributed by atoms with Crippen molar-refractivity contribution in [1.82, 2.24) is 24.7 Å². The van der Waals surface area contributed by atoms with Crippen LogP contribution in [0.2, 0.25) is 0 Å². The van der Waals surface area contributed by atoms with Crippen molar-refractivity contribution in [1.29, 1.82) is 5.26 Å². The molecule has 0 spiro atoms. The van der Waals surface area contributed by atoms with Gasteiger partial charge in [0.05, 0.1) is 17.4 Å². The lowest BCUT2D eigenvalue weighted by Gasteiger charge is -2.72. The Hall–Kier alpha value is -3.98. The molecule has 7 rings (SSSR count). The largest absolute Gasteiger partial charge is 0.481 e. The van der Waals surface area contributed by atoms with Crippen LogP contribution in [0.1, 0.15) is 144 Å². The van der Waals surface area contributed by atoms with Crippen LogP contribution in [0.3, 0.4) is 0 Å². The summed E-state index contributed by atoms with van der Waals surface area (Å²) in [6.45, 7) is 19.3. The first-order chi connectivity index (χ1) is 26.1. The van der Waals surface area contributed by atoms with Crippen molar-refractivity contribution in [2.75, 3.05) is 0 Å². The van der Waals surface area contributed by atoms with Crippen LogP contribution in [-0.2, 0) is 26.2 Å². The molecule has 12 heteroatoms. The lowest BCUT2D eigenvalue weighted by Crippen LogP contribution is -2.66. The number of fused-ring (bicyclic) bond motifs is 7. The highest BCUT2D eigenvalue weighted by Gasteiger charge is 2.71. The number of carboxylic acids is 1. The summed E-state index contributed by atoms with van der Waals surface area (Å²) in [6, 6.07) is 2.03. The lowest BCUT2D eigenvalue weighted by molar-refractivity contribution is -0.235. The Morgan fingerprint density at radius 2 is 1.66 bits per heavy atom. The molecule has 2 aromatic heterocycles. The van der Waals surface area contributed by atoms with Gasteiger partial charge in [-0.15, -0.1) is 10.2 Å². The number of nitrogens with zero attached hydrogens (tertiary/aromatic N) is 6. The highest BCUT2D eigenvalue weighted by atomic mass is 16.5. The molecular formula is C44H60N6O6. The minimum atomic E-state index is -1.19. The van der Waals surface area contributed by atoms with Gasteiger partial charge in [0.1, 0.15) is 18.3 Å². The Morgan fingerprint density at radius 3 is 2.29 bits per heavy atom. The van der Waals surface area contributed by atoms with Gasteiger partial charge in [0, 0.05) is 36.7 Å². The number of carbonyl (C=O) groups is 3. The van der Waals surface area contributed by atoms with Gasteiger partial charge in [-0.05, 0) is 116 Å². The van der Waals surface area contributed by atoms with Crippen LogP contribution in [0.15, 0.2) is 23.5 Å². The van der Waals surface area contributed by atoms with E-state index in [2.05, 4.69) is 68.6 Å². The molecule has 0 unspecified atom stereocenters. The zero-order valence-corrected chi connectivity index (χ0v) is 34.9. The Labute approximate surface area is 330 Å². The first kappa shape index (κ1) is 40.2. The maximum absolute atomic E-state index is 14.2. The number of allylic oxidation sites excluding steroid dienone is 1. The molecule has 2 N–H and O–H groups in total. The number of aliphatic hydroxyl groups is 1. The van der Waals surface area contributed by atoms with Crippen molar-refractivity contribution in [2.24, 2.45) is 63.2 Å². The molecule has 0 aromatic carbocycles. The number of hydrogen-bond acceptors (Lipinski definition) is 10. The van der Waals surface area contributed by atoms with E-state index in [1.807, 2.05) is 6.07 Å². The molecule has 5 aliphatic rings. The van der Waals surface area contributed by atoms with Crippen LogP contribution in [0.4, 0.5) is 0 Å². The fourth-order valence-electron chi connectivity index (χ4n) is 13.4. The Kier molecular flexibility index (Phi) is 9.54. The number of aliphatic hydroxyl groups excluding tert-OH is 1. The molecule has 0 bridgehead atoms. The summed E-state index contributed by atoms with van der Waals surface area (Å²) in [5.41, 5.74) is -0.0593. The highest BCUT2D eigenvalue weighted by Crippen LogP contribution is 2.77. The predicted molar refractivity (Wildman–Crippen MR) is 207 cm³/mol. The first-order valence-corrected chi connectivity index (χ1v) is 20.6. The number of Topliss-reactive ketones (excluding diaryl/α,β-unsaturated/α-hetero) is 1. The van der Waals surface area contributed by atoms with E-state index in [-0.39, 0.29) is 58.2 Å². The van der Waals surface area contributed by atoms with Crippen molar-refractivity contribution in [2.45, 2.75) is 139 Å². The molecule has 4 fully saturated rings. The van der Waals surface area contributed by atoms with Crippen LogP contribution in [0, 0.1) is 67.5 Å². The number of ether oxygens (including phenoxy) is 1. The second-order valence-electron chi connectivity index (χ2n) is 20.3. The smallest absolute Gasteiger partial charge is 0.309 e. The van der Waals surface area contributed by atoms with Gasteiger partial charge in [-0.1, -0.05) is 48.5 Å². The molecule has 2 aromatic rings. The fraction of sp³-hybridized carbons (Fsp3) is 0.727. The third kappa shape index (κ3) is 5.64. The van der Waals surface area contributed by atoms with E-state index in [0.29, 0.717) is 41.3 Å². The van der Waals surface area contributed by atoms with Crippen LogP contribution in [0.25, 0.3) is 11.6 Å². The summed E-state index contributed by atoms with van der Waals surface area (Å²) in [7, 11) is 1.79. The Morgan fingerprint density at radius 1 is 0.982 bits per heavy atom. The van der Waals surface area contributed by atoms with Gasteiger partial charge < -0.3 is 19.5 Å². The summed E-state index contributed by atoms with van der Waals surface area (Å²) >= 11 is 0. The van der Waals surface area contributed by atoms with Gasteiger partial charge in [-0.3, -0.25) is 14.4 Å². The van der Waals surface area contributed by atoms with Crippen molar-refractivity contribution in [3.63, 3.8) is 0 Å². The number of carboxylic acid groups (broad SMARTS) is 1. The number of aliphatic carboxylic acids is 1. The average molecular weight is 769 g/mol. The summed E-state index contributed by atoms with van der Waals surface area (Å²) in [5, 5.41) is 40.3. The molecule has 0 aliphatic heterocycles. The summed E-state index contributed by atoms with van der Waals surface area (Å²) in [6.07, 6.45) is 8.79. The SMILES string of the molecule is CC(C)C1=C2[C@H]3CC[C@@H]4[C@@]5(C)CC[C@H](OC(=O)CC(C)(C)C(=O)O)C(C)(C)[C@@H]5CC[C@@]4(C)[C@]3(C)CC[C@@]2([C@@H](O)c2nnc(-c3ncc(C#N)cn3)n2C)CC1=O. The third-order valence-corrected chi connectivity index (χ3v) is 16.5. The quantitative estimate of drug-likeness (QED) is 0.253. The molecule has 0 amide bonds. The first-order valence-electron chi connectivity index (χ1n) is 20.6. The Bertz CT molecular complexity index is 2030. The summed E-state index contributed by atoms with van der Waals surface area (Å²) < 4.78 is 7.89.